The van der Waals surface area contributed by atoms with Crippen LogP contribution in [0.25, 0.3) is 0 Å². The van der Waals surface area contributed by atoms with Crippen LogP contribution < -0.4 is 16.4 Å². The van der Waals surface area contributed by atoms with Gasteiger partial charge in [-0.05, 0) is 89.0 Å². The number of nitrogens with two attached hydrogens (primary N) is 1. The van der Waals surface area contributed by atoms with Gasteiger partial charge >= 0.3 is 6.09 Å². The van der Waals surface area contributed by atoms with Crippen LogP contribution in [0.1, 0.15) is 95.5 Å². The molecule has 0 radical (unpaired) electrons. The average Bonchev–Trinajstić information content (AvgIpc) is 2.92. The molecule has 2 aromatic rings. The Hall–Kier alpha value is -3.88. The Labute approximate surface area is 256 Å². The van der Waals surface area contributed by atoms with E-state index < -0.39 is 35.6 Å². The number of amides is 4. The quantitative estimate of drug-likeness (QED) is 0.267. The van der Waals surface area contributed by atoms with Crippen LogP contribution in [0.15, 0.2) is 48.5 Å². The minimum Gasteiger partial charge on any atom is -0.444 e. The molecule has 9 nitrogen and oxygen atoms in total. The maximum atomic E-state index is 14.6. The maximum Gasteiger partial charge on any atom is 0.408 e. The van der Waals surface area contributed by atoms with Gasteiger partial charge in [0.1, 0.15) is 17.7 Å². The summed E-state index contributed by atoms with van der Waals surface area (Å²) in [6.07, 6.45) is 0.496. The first kappa shape index (κ1) is 35.3. The lowest BCUT2D eigenvalue weighted by molar-refractivity contribution is -0.145. The maximum absolute atomic E-state index is 14.6. The molecule has 236 valence electrons. The molecule has 0 aliphatic carbocycles. The van der Waals surface area contributed by atoms with Crippen molar-refractivity contribution < 1.29 is 23.9 Å². The lowest BCUT2D eigenvalue weighted by Gasteiger charge is -2.39. The van der Waals surface area contributed by atoms with E-state index >= 15 is 0 Å². The summed E-state index contributed by atoms with van der Waals surface area (Å²) in [5.41, 5.74) is 8.14. The van der Waals surface area contributed by atoms with Crippen LogP contribution in [0.3, 0.4) is 0 Å². The van der Waals surface area contributed by atoms with Crippen molar-refractivity contribution in [3.05, 3.63) is 70.8 Å². The van der Waals surface area contributed by atoms with Gasteiger partial charge in [0, 0.05) is 19.0 Å². The van der Waals surface area contributed by atoms with Gasteiger partial charge < -0.3 is 26.0 Å². The molecule has 3 atom stereocenters. The van der Waals surface area contributed by atoms with Crippen LogP contribution in [-0.4, -0.2) is 46.4 Å². The molecule has 2 rings (SSSR count). The Balaban J connectivity index is 2.63. The number of aryl methyl sites for hydroxylation is 1. The molecule has 2 aromatic carbocycles. The molecule has 4 amide bonds. The van der Waals surface area contributed by atoms with Gasteiger partial charge in [-0.15, -0.1) is 0 Å². The molecule has 4 N–H and O–H groups in total. The molecule has 0 aliphatic heterocycles. The summed E-state index contributed by atoms with van der Waals surface area (Å²) in [6.45, 7) is 15.5. The van der Waals surface area contributed by atoms with E-state index in [2.05, 4.69) is 24.5 Å². The molecule has 0 spiro atoms. The summed E-state index contributed by atoms with van der Waals surface area (Å²) in [7, 11) is 0. The first-order valence-electron chi connectivity index (χ1n) is 15.1. The molecule has 0 heterocycles. The summed E-state index contributed by atoms with van der Waals surface area (Å²) >= 11 is 0. The second-order valence-corrected chi connectivity index (χ2v) is 12.7. The minimum absolute atomic E-state index is 0.0357. The van der Waals surface area contributed by atoms with Gasteiger partial charge in [-0.25, -0.2) is 4.79 Å². The SMILES string of the molecule is Cc1cccc(C(C(=O)NCc2ccccc2)N(C(=O)C(CCC(N)=O)NC(=O)OC(C)(C)C)C(C)CCC(C)C)c1C. The second-order valence-electron chi connectivity index (χ2n) is 12.7. The van der Waals surface area contributed by atoms with E-state index in [0.717, 1.165) is 23.1 Å². The van der Waals surface area contributed by atoms with Crippen molar-refractivity contribution in [3.63, 3.8) is 0 Å². The third-order valence-corrected chi connectivity index (χ3v) is 7.34. The van der Waals surface area contributed by atoms with Crippen molar-refractivity contribution in [2.45, 2.75) is 111 Å². The number of nitrogens with zero attached hydrogens (tertiary/aromatic N) is 1. The smallest absolute Gasteiger partial charge is 0.408 e. The lowest BCUT2D eigenvalue weighted by atomic mass is 9.92. The summed E-state index contributed by atoms with van der Waals surface area (Å²) in [4.78, 5) is 54.9. The van der Waals surface area contributed by atoms with E-state index in [1.165, 1.54) is 0 Å². The third-order valence-electron chi connectivity index (χ3n) is 7.34. The first-order chi connectivity index (χ1) is 20.1. The van der Waals surface area contributed by atoms with Crippen molar-refractivity contribution in [2.75, 3.05) is 0 Å². The van der Waals surface area contributed by atoms with E-state index in [0.29, 0.717) is 17.9 Å². The van der Waals surface area contributed by atoms with E-state index in [4.69, 9.17) is 10.5 Å². The highest BCUT2D eigenvalue weighted by Gasteiger charge is 2.39. The van der Waals surface area contributed by atoms with Crippen molar-refractivity contribution >= 4 is 23.8 Å². The molecule has 0 saturated carbocycles. The van der Waals surface area contributed by atoms with Gasteiger partial charge in [-0.2, -0.15) is 0 Å². The molecular formula is C34H50N4O5. The van der Waals surface area contributed by atoms with Gasteiger partial charge in [-0.3, -0.25) is 14.4 Å². The van der Waals surface area contributed by atoms with Crippen LogP contribution in [0, 0.1) is 19.8 Å². The van der Waals surface area contributed by atoms with Gasteiger partial charge in [0.05, 0.1) is 0 Å². The van der Waals surface area contributed by atoms with Crippen LogP contribution in [0.5, 0.6) is 0 Å². The van der Waals surface area contributed by atoms with E-state index in [1.54, 1.807) is 25.7 Å². The Morgan fingerprint density at radius 1 is 0.907 bits per heavy atom. The Kier molecular flexibility index (Phi) is 13.2. The summed E-state index contributed by atoms with van der Waals surface area (Å²) in [6, 6.07) is 12.8. The van der Waals surface area contributed by atoms with Gasteiger partial charge in [0.25, 0.3) is 0 Å². The molecule has 0 bridgehead atoms. The number of hydrogen-bond acceptors (Lipinski definition) is 5. The number of ether oxygens (including phenoxy) is 1. The predicted molar refractivity (Wildman–Crippen MR) is 169 cm³/mol. The summed E-state index contributed by atoms with van der Waals surface area (Å²) in [5.74, 6) is -1.05. The van der Waals surface area contributed by atoms with Crippen molar-refractivity contribution in [1.29, 1.82) is 0 Å². The highest BCUT2D eigenvalue weighted by atomic mass is 16.6. The largest absolute Gasteiger partial charge is 0.444 e. The zero-order chi connectivity index (χ0) is 32.3. The standard InChI is InChI=1S/C34H50N4O5/c1-22(2)17-18-24(4)38(32(41)28(19-20-29(35)39)37-33(42)43-34(6,7)8)30(27-16-12-13-23(3)25(27)5)31(40)36-21-26-14-10-9-11-15-26/h9-16,22,24,28,30H,17-21H2,1-8H3,(H2,35,39)(H,36,40)(H,37,42). The Bertz CT molecular complexity index is 1240. The monoisotopic (exact) mass is 594 g/mol. The third kappa shape index (κ3) is 11.4. The van der Waals surface area contributed by atoms with Crippen LogP contribution in [-0.2, 0) is 25.7 Å². The second kappa shape index (κ2) is 16.1. The van der Waals surface area contributed by atoms with Crippen LogP contribution >= 0.6 is 0 Å². The van der Waals surface area contributed by atoms with E-state index in [9.17, 15) is 19.2 Å². The summed E-state index contributed by atoms with van der Waals surface area (Å²) in [5, 5.41) is 5.71. The van der Waals surface area contributed by atoms with E-state index in [-0.39, 0.29) is 31.3 Å². The first-order valence-corrected chi connectivity index (χ1v) is 15.1. The minimum atomic E-state index is -1.14. The molecule has 0 saturated heterocycles. The van der Waals surface area contributed by atoms with Crippen molar-refractivity contribution in [2.24, 2.45) is 11.7 Å². The number of alkyl carbamates (subject to hydrolysis) is 1. The lowest BCUT2D eigenvalue weighted by Crippen LogP contribution is -2.55. The number of carbonyl (C=O) groups is 4. The summed E-state index contributed by atoms with van der Waals surface area (Å²) < 4.78 is 5.44. The van der Waals surface area contributed by atoms with Crippen molar-refractivity contribution in [3.8, 4) is 0 Å². The molecule has 43 heavy (non-hydrogen) atoms. The van der Waals surface area contributed by atoms with E-state index in [1.807, 2.05) is 69.3 Å². The normalized spacial score (nSPS) is 13.5. The highest BCUT2D eigenvalue weighted by molar-refractivity contribution is 5.93. The molecule has 0 aliphatic rings. The van der Waals surface area contributed by atoms with Crippen molar-refractivity contribution in [1.82, 2.24) is 15.5 Å². The van der Waals surface area contributed by atoms with Gasteiger partial charge in [0.15, 0.2) is 0 Å². The number of primary amides is 1. The fraction of sp³-hybridized carbons (Fsp3) is 0.529. The number of hydrogen-bond donors (Lipinski definition) is 3. The molecule has 0 fully saturated rings. The molecular weight excluding hydrogens is 544 g/mol. The predicted octanol–water partition coefficient (Wildman–Crippen LogP) is 5.47. The topological polar surface area (TPSA) is 131 Å². The van der Waals surface area contributed by atoms with Gasteiger partial charge in [0.2, 0.25) is 17.7 Å². The zero-order valence-corrected chi connectivity index (χ0v) is 27.0. The zero-order valence-electron chi connectivity index (χ0n) is 27.0. The molecule has 9 heteroatoms. The number of rotatable bonds is 14. The number of benzene rings is 2. The fourth-order valence-electron chi connectivity index (χ4n) is 4.86. The number of nitrogens with one attached hydrogen (secondary N) is 2. The Morgan fingerprint density at radius 2 is 1.56 bits per heavy atom. The fourth-order valence-corrected chi connectivity index (χ4v) is 4.86. The van der Waals surface area contributed by atoms with Crippen LogP contribution in [0.4, 0.5) is 4.79 Å². The molecule has 3 unspecified atom stereocenters. The van der Waals surface area contributed by atoms with Crippen LogP contribution in [0.2, 0.25) is 0 Å². The molecule has 0 aromatic heterocycles. The highest BCUT2D eigenvalue weighted by Crippen LogP contribution is 2.31. The van der Waals surface area contributed by atoms with Gasteiger partial charge in [-0.1, -0.05) is 62.4 Å². The number of carbonyl (C=O) groups excluding carboxylic acids is 4. The Morgan fingerprint density at radius 3 is 2.14 bits per heavy atom. The average molecular weight is 595 g/mol.